The van der Waals surface area contributed by atoms with Gasteiger partial charge in [-0.15, -0.1) is 0 Å². The van der Waals surface area contributed by atoms with Crippen LogP contribution < -0.4 is 4.74 Å². The molecule has 0 bridgehead atoms. The number of likely N-dealkylation sites (N-methyl/N-ethyl adjacent to an activating group) is 1. The van der Waals surface area contributed by atoms with E-state index in [0.717, 1.165) is 0 Å². The molecule has 1 unspecified atom stereocenters. The van der Waals surface area contributed by atoms with Gasteiger partial charge in [0.2, 0.25) is 0 Å². The summed E-state index contributed by atoms with van der Waals surface area (Å²) >= 11 is 11.8. The van der Waals surface area contributed by atoms with Crippen LogP contribution in [0.5, 0.6) is 5.75 Å². The van der Waals surface area contributed by atoms with Crippen LogP contribution in [0.2, 0.25) is 10.0 Å². The van der Waals surface area contributed by atoms with E-state index in [4.69, 9.17) is 27.9 Å². The summed E-state index contributed by atoms with van der Waals surface area (Å²) in [6.45, 7) is 1.87. The number of carbonyl (C=O) groups excluding carboxylic acids is 2. The van der Waals surface area contributed by atoms with Crippen molar-refractivity contribution in [3.63, 3.8) is 0 Å². The molecule has 116 valence electrons. The molecule has 0 aliphatic carbocycles. The molecule has 0 fully saturated rings. The second kappa shape index (κ2) is 8.10. The summed E-state index contributed by atoms with van der Waals surface area (Å²) in [7, 11) is 2.90. The number of amides is 1. The molecule has 0 spiro atoms. The lowest BCUT2D eigenvalue weighted by molar-refractivity contribution is -0.142. The van der Waals surface area contributed by atoms with E-state index in [0.29, 0.717) is 15.8 Å². The van der Waals surface area contributed by atoms with Gasteiger partial charge in [0.25, 0.3) is 5.91 Å². The molecule has 0 aliphatic heterocycles. The third-order valence-electron chi connectivity index (χ3n) is 2.80. The third-order valence-corrected chi connectivity index (χ3v) is 3.33. The molecular weight excluding hydrogens is 317 g/mol. The lowest BCUT2D eigenvalue weighted by Gasteiger charge is -2.22. The van der Waals surface area contributed by atoms with Crippen LogP contribution >= 0.6 is 23.2 Å². The number of methoxy groups -OCH3 is 1. The van der Waals surface area contributed by atoms with Crippen LogP contribution in [0.15, 0.2) is 18.2 Å². The maximum Gasteiger partial charge on any atom is 0.307 e. The van der Waals surface area contributed by atoms with Crippen LogP contribution in [0.4, 0.5) is 0 Å². The molecule has 0 aromatic heterocycles. The fraction of sp³-hybridized carbons (Fsp3) is 0.429. The number of nitrogens with zero attached hydrogens (tertiary/aromatic N) is 1. The zero-order valence-electron chi connectivity index (χ0n) is 12.1. The molecule has 1 rings (SSSR count). The summed E-state index contributed by atoms with van der Waals surface area (Å²) in [4.78, 5) is 24.6. The normalized spacial score (nSPS) is 11.7. The number of hydrogen-bond donors (Lipinski definition) is 0. The Morgan fingerprint density at radius 2 is 2.00 bits per heavy atom. The predicted octanol–water partition coefficient (Wildman–Crippen LogP) is 2.78. The van der Waals surface area contributed by atoms with E-state index in [9.17, 15) is 9.59 Å². The Balaban J connectivity index is 2.59. The highest BCUT2D eigenvalue weighted by Crippen LogP contribution is 2.28. The minimum Gasteiger partial charge on any atom is -0.479 e. The number of carbonyl (C=O) groups is 2. The van der Waals surface area contributed by atoms with Gasteiger partial charge in [-0.2, -0.15) is 0 Å². The summed E-state index contributed by atoms with van der Waals surface area (Å²) in [6.07, 6.45) is -0.598. The van der Waals surface area contributed by atoms with E-state index in [-0.39, 0.29) is 24.8 Å². The van der Waals surface area contributed by atoms with Gasteiger partial charge >= 0.3 is 5.97 Å². The van der Waals surface area contributed by atoms with E-state index in [1.807, 2.05) is 0 Å². The fourth-order valence-electron chi connectivity index (χ4n) is 1.59. The average Bonchev–Trinajstić information content (AvgIpc) is 2.46. The van der Waals surface area contributed by atoms with Gasteiger partial charge < -0.3 is 14.4 Å². The monoisotopic (exact) mass is 333 g/mol. The van der Waals surface area contributed by atoms with E-state index in [2.05, 4.69) is 4.74 Å². The highest BCUT2D eigenvalue weighted by Gasteiger charge is 2.20. The largest absolute Gasteiger partial charge is 0.479 e. The van der Waals surface area contributed by atoms with Crippen molar-refractivity contribution >= 4 is 35.1 Å². The molecule has 1 aromatic carbocycles. The molecule has 0 heterocycles. The topological polar surface area (TPSA) is 55.8 Å². The van der Waals surface area contributed by atoms with Gasteiger partial charge in [-0.3, -0.25) is 9.59 Å². The van der Waals surface area contributed by atoms with Gasteiger partial charge in [0.1, 0.15) is 5.75 Å². The molecule has 1 amide bonds. The van der Waals surface area contributed by atoms with Gasteiger partial charge in [0.05, 0.1) is 18.6 Å². The maximum atomic E-state index is 12.1. The number of esters is 1. The molecule has 0 radical (unpaired) electrons. The van der Waals surface area contributed by atoms with Gasteiger partial charge in [0.15, 0.2) is 6.10 Å². The molecule has 1 atom stereocenters. The van der Waals surface area contributed by atoms with Gasteiger partial charge in [-0.05, 0) is 25.1 Å². The van der Waals surface area contributed by atoms with Crippen molar-refractivity contribution in [1.82, 2.24) is 4.90 Å². The van der Waals surface area contributed by atoms with Gasteiger partial charge in [-0.1, -0.05) is 23.2 Å². The quantitative estimate of drug-likeness (QED) is 0.751. The number of rotatable bonds is 6. The smallest absolute Gasteiger partial charge is 0.307 e. The van der Waals surface area contributed by atoms with Gasteiger partial charge in [-0.25, -0.2) is 0 Å². The second-order valence-electron chi connectivity index (χ2n) is 4.42. The number of ether oxygens (including phenoxy) is 2. The van der Waals surface area contributed by atoms with Crippen LogP contribution in [0.1, 0.15) is 13.3 Å². The predicted molar refractivity (Wildman–Crippen MR) is 80.8 cm³/mol. The van der Waals surface area contributed by atoms with Crippen molar-refractivity contribution < 1.29 is 19.1 Å². The van der Waals surface area contributed by atoms with Crippen molar-refractivity contribution in [2.45, 2.75) is 19.4 Å². The molecule has 21 heavy (non-hydrogen) atoms. The standard InChI is InChI=1S/C14H17Cl2NO4/c1-9(14(19)17(2)7-6-13(18)20-3)21-12-5-4-10(15)8-11(12)16/h4-5,8-9H,6-7H2,1-3H3. The molecule has 1 aromatic rings. The summed E-state index contributed by atoms with van der Waals surface area (Å²) in [5, 5.41) is 0.820. The third kappa shape index (κ3) is 5.44. The summed E-state index contributed by atoms with van der Waals surface area (Å²) < 4.78 is 10.0. The van der Waals surface area contributed by atoms with E-state index in [1.165, 1.54) is 18.1 Å². The molecule has 5 nitrogen and oxygen atoms in total. The Hall–Kier alpha value is -1.46. The first-order valence-corrected chi connectivity index (χ1v) is 7.04. The van der Waals surface area contributed by atoms with Crippen molar-refractivity contribution in [1.29, 1.82) is 0 Å². The minimum absolute atomic E-state index is 0.132. The SMILES string of the molecule is COC(=O)CCN(C)C(=O)C(C)Oc1ccc(Cl)cc1Cl. The lowest BCUT2D eigenvalue weighted by Crippen LogP contribution is -2.39. The Bertz CT molecular complexity index is 522. The number of hydrogen-bond acceptors (Lipinski definition) is 4. The first-order valence-electron chi connectivity index (χ1n) is 6.28. The highest BCUT2D eigenvalue weighted by molar-refractivity contribution is 6.35. The van der Waals surface area contributed by atoms with Crippen LogP contribution in [-0.2, 0) is 14.3 Å². The highest BCUT2D eigenvalue weighted by atomic mass is 35.5. The Morgan fingerprint density at radius 3 is 2.57 bits per heavy atom. The average molecular weight is 334 g/mol. The Morgan fingerprint density at radius 1 is 1.33 bits per heavy atom. The lowest BCUT2D eigenvalue weighted by atomic mass is 10.3. The maximum absolute atomic E-state index is 12.1. The molecule has 7 heteroatoms. The zero-order chi connectivity index (χ0) is 16.0. The molecule has 0 saturated carbocycles. The molecule has 0 aliphatic rings. The number of halogens is 2. The first kappa shape index (κ1) is 17.6. The van der Waals surface area contributed by atoms with Crippen LogP contribution in [0.25, 0.3) is 0 Å². The van der Waals surface area contributed by atoms with Crippen molar-refractivity contribution in [3.8, 4) is 5.75 Å². The Kier molecular flexibility index (Phi) is 6.78. The summed E-state index contributed by atoms with van der Waals surface area (Å²) in [5.41, 5.74) is 0. The summed E-state index contributed by atoms with van der Waals surface area (Å²) in [6, 6.07) is 4.76. The van der Waals surface area contributed by atoms with Crippen LogP contribution in [-0.4, -0.2) is 43.6 Å². The zero-order valence-corrected chi connectivity index (χ0v) is 13.6. The van der Waals surface area contributed by atoms with Crippen molar-refractivity contribution in [3.05, 3.63) is 28.2 Å². The molecular formula is C14H17Cl2NO4. The van der Waals surface area contributed by atoms with Crippen molar-refractivity contribution in [2.75, 3.05) is 20.7 Å². The second-order valence-corrected chi connectivity index (χ2v) is 5.26. The molecule has 0 saturated heterocycles. The van der Waals surface area contributed by atoms with Gasteiger partial charge in [0, 0.05) is 18.6 Å². The van der Waals surface area contributed by atoms with E-state index >= 15 is 0 Å². The van der Waals surface area contributed by atoms with Crippen LogP contribution in [0.3, 0.4) is 0 Å². The van der Waals surface area contributed by atoms with E-state index in [1.54, 1.807) is 26.1 Å². The summed E-state index contributed by atoms with van der Waals surface area (Å²) in [5.74, 6) is -0.253. The fourth-order valence-corrected chi connectivity index (χ4v) is 2.05. The van der Waals surface area contributed by atoms with E-state index < -0.39 is 6.10 Å². The Labute approximate surface area is 133 Å². The number of benzene rings is 1. The van der Waals surface area contributed by atoms with Crippen LogP contribution in [0, 0.1) is 0 Å². The van der Waals surface area contributed by atoms with Crippen molar-refractivity contribution in [2.24, 2.45) is 0 Å². The molecule has 0 N–H and O–H groups in total. The minimum atomic E-state index is -0.730. The first-order chi connectivity index (χ1) is 9.85.